The van der Waals surface area contributed by atoms with Crippen LogP contribution in [0.15, 0.2) is 12.2 Å². The third-order valence-corrected chi connectivity index (χ3v) is 5.85. The number of piperidine rings is 1. The molecule has 3 fully saturated rings. The zero-order valence-electron chi connectivity index (χ0n) is 14.1. The van der Waals surface area contributed by atoms with Gasteiger partial charge in [-0.2, -0.15) is 0 Å². The molecule has 0 unspecified atom stereocenters. The van der Waals surface area contributed by atoms with E-state index in [1.165, 1.54) is 0 Å². The van der Waals surface area contributed by atoms with Gasteiger partial charge in [-0.1, -0.05) is 12.2 Å². The van der Waals surface area contributed by atoms with Gasteiger partial charge < -0.3 is 24.4 Å². The van der Waals surface area contributed by atoms with Gasteiger partial charge in [0.05, 0.1) is 25.2 Å². The van der Waals surface area contributed by atoms with Crippen LogP contribution in [0.1, 0.15) is 19.8 Å². The van der Waals surface area contributed by atoms with Crippen molar-refractivity contribution in [1.29, 1.82) is 0 Å². The van der Waals surface area contributed by atoms with Gasteiger partial charge in [-0.3, -0.25) is 9.59 Å². The van der Waals surface area contributed by atoms with Crippen LogP contribution < -0.4 is 0 Å². The zero-order chi connectivity index (χ0) is 17.8. The summed E-state index contributed by atoms with van der Waals surface area (Å²) in [7, 11) is 0. The van der Waals surface area contributed by atoms with E-state index in [1.54, 1.807) is 22.8 Å². The van der Waals surface area contributed by atoms with Crippen molar-refractivity contribution in [3.63, 3.8) is 0 Å². The first-order valence-electron chi connectivity index (χ1n) is 8.79. The number of amides is 2. The van der Waals surface area contributed by atoms with Crippen molar-refractivity contribution in [2.45, 2.75) is 37.5 Å². The molecule has 8 nitrogen and oxygen atoms in total. The van der Waals surface area contributed by atoms with Gasteiger partial charge in [-0.25, -0.2) is 4.79 Å². The second kappa shape index (κ2) is 5.72. The highest BCUT2D eigenvalue weighted by molar-refractivity contribution is 5.91. The number of carbonyl (C=O) groups excluding carboxylic acids is 2. The van der Waals surface area contributed by atoms with E-state index in [2.05, 4.69) is 0 Å². The minimum Gasteiger partial charge on any atom is -0.481 e. The number of carboxylic acid groups (broad SMARTS) is 1. The monoisotopic (exact) mass is 350 g/mol. The normalized spacial score (nSPS) is 36.8. The Balaban J connectivity index is 1.46. The maximum Gasteiger partial charge on any atom is 0.409 e. The molecule has 4 aliphatic heterocycles. The van der Waals surface area contributed by atoms with E-state index < -0.39 is 29.5 Å². The highest BCUT2D eigenvalue weighted by atomic mass is 16.6. The van der Waals surface area contributed by atoms with Crippen molar-refractivity contribution in [3.05, 3.63) is 12.2 Å². The molecule has 4 aliphatic rings. The SMILES string of the molecule is CCOC(=O)N1CCC(N2C[C@@]34C=C[C@H](O3)[C@@H](C(=O)O)[C@@H]4C2=O)CC1. The molecule has 0 saturated carbocycles. The van der Waals surface area contributed by atoms with Crippen LogP contribution >= 0.6 is 0 Å². The van der Waals surface area contributed by atoms with Gasteiger partial charge in [0.2, 0.25) is 5.91 Å². The molecule has 4 heterocycles. The van der Waals surface area contributed by atoms with E-state index in [0.29, 0.717) is 39.1 Å². The van der Waals surface area contributed by atoms with Crippen LogP contribution in [0.3, 0.4) is 0 Å². The van der Waals surface area contributed by atoms with E-state index in [9.17, 15) is 19.5 Å². The van der Waals surface area contributed by atoms with Crippen molar-refractivity contribution in [2.75, 3.05) is 26.2 Å². The molecule has 8 heteroatoms. The molecule has 2 bridgehead atoms. The lowest BCUT2D eigenvalue weighted by atomic mass is 9.77. The van der Waals surface area contributed by atoms with Crippen LogP contribution in [-0.2, 0) is 19.1 Å². The predicted octanol–water partition coefficient (Wildman–Crippen LogP) is 0.474. The van der Waals surface area contributed by atoms with Crippen LogP contribution in [0.25, 0.3) is 0 Å². The van der Waals surface area contributed by atoms with Crippen molar-refractivity contribution < 1.29 is 29.0 Å². The van der Waals surface area contributed by atoms with Crippen LogP contribution in [-0.4, -0.2) is 76.9 Å². The van der Waals surface area contributed by atoms with E-state index in [-0.39, 0.29) is 18.0 Å². The highest BCUT2D eigenvalue weighted by Gasteiger charge is 2.67. The summed E-state index contributed by atoms with van der Waals surface area (Å²) in [5.41, 5.74) is -0.789. The van der Waals surface area contributed by atoms with Crippen molar-refractivity contribution in [1.82, 2.24) is 9.80 Å². The maximum atomic E-state index is 12.9. The Bertz CT molecular complexity index is 641. The number of nitrogens with zero attached hydrogens (tertiary/aromatic N) is 2. The molecule has 136 valence electrons. The Hall–Kier alpha value is -2.09. The van der Waals surface area contributed by atoms with E-state index >= 15 is 0 Å². The zero-order valence-corrected chi connectivity index (χ0v) is 14.1. The molecule has 3 saturated heterocycles. The van der Waals surface area contributed by atoms with E-state index in [0.717, 1.165) is 0 Å². The Kier molecular flexibility index (Phi) is 3.75. The molecule has 0 radical (unpaired) electrons. The van der Waals surface area contributed by atoms with Crippen molar-refractivity contribution in [3.8, 4) is 0 Å². The number of aliphatic carboxylic acids is 1. The van der Waals surface area contributed by atoms with E-state index in [1.807, 2.05) is 6.08 Å². The van der Waals surface area contributed by atoms with Gasteiger partial charge in [0.1, 0.15) is 11.5 Å². The van der Waals surface area contributed by atoms with Gasteiger partial charge >= 0.3 is 12.1 Å². The largest absolute Gasteiger partial charge is 0.481 e. The molecule has 0 aromatic heterocycles. The quantitative estimate of drug-likeness (QED) is 0.744. The first-order valence-corrected chi connectivity index (χ1v) is 8.79. The molecular formula is C17H22N2O6. The second-order valence-electron chi connectivity index (χ2n) is 7.12. The predicted molar refractivity (Wildman–Crippen MR) is 84.7 cm³/mol. The minimum absolute atomic E-state index is 0.00338. The maximum absolute atomic E-state index is 12.9. The Morgan fingerprint density at radius 3 is 2.76 bits per heavy atom. The Morgan fingerprint density at radius 1 is 1.40 bits per heavy atom. The first kappa shape index (κ1) is 16.4. The third-order valence-electron chi connectivity index (χ3n) is 5.85. The van der Waals surface area contributed by atoms with Gasteiger partial charge in [0.25, 0.3) is 0 Å². The Labute approximate surface area is 145 Å². The number of carboxylic acids is 1. The number of carbonyl (C=O) groups is 3. The lowest BCUT2D eigenvalue weighted by Crippen LogP contribution is -2.48. The number of likely N-dealkylation sites (tertiary alicyclic amines) is 2. The number of ether oxygens (including phenoxy) is 2. The fourth-order valence-corrected chi connectivity index (χ4v) is 4.69. The standard InChI is InChI=1S/C17H22N2O6/c1-2-24-16(23)18-7-4-10(5-8-18)19-9-17-6-3-11(25-17)12(15(21)22)13(17)14(19)20/h3,6,10-13H,2,4-5,7-9H2,1H3,(H,21,22)/t11-,12+,13+,17+/m0/s1. The summed E-state index contributed by atoms with van der Waals surface area (Å²) in [5, 5.41) is 9.50. The third kappa shape index (κ3) is 2.34. The van der Waals surface area contributed by atoms with E-state index in [4.69, 9.17) is 9.47 Å². The second-order valence-corrected chi connectivity index (χ2v) is 7.12. The first-order chi connectivity index (χ1) is 12.0. The van der Waals surface area contributed by atoms with Gasteiger partial charge in [0.15, 0.2) is 0 Å². The number of fused-ring (bicyclic) bond motifs is 1. The summed E-state index contributed by atoms with van der Waals surface area (Å²) in [6.07, 6.45) is 4.15. The number of hydrogen-bond acceptors (Lipinski definition) is 5. The summed E-state index contributed by atoms with van der Waals surface area (Å²) in [5.74, 6) is -2.55. The summed E-state index contributed by atoms with van der Waals surface area (Å²) < 4.78 is 10.9. The molecule has 0 aromatic carbocycles. The van der Waals surface area contributed by atoms with Crippen LogP contribution in [0.2, 0.25) is 0 Å². The van der Waals surface area contributed by atoms with Crippen molar-refractivity contribution in [2.24, 2.45) is 11.8 Å². The molecule has 2 amide bonds. The average Bonchev–Trinajstić information content (AvgIpc) is 3.23. The van der Waals surface area contributed by atoms with Crippen LogP contribution in [0.5, 0.6) is 0 Å². The molecule has 1 spiro atoms. The summed E-state index contributed by atoms with van der Waals surface area (Å²) in [4.78, 5) is 39.8. The molecule has 0 aromatic rings. The molecule has 25 heavy (non-hydrogen) atoms. The fourth-order valence-electron chi connectivity index (χ4n) is 4.69. The lowest BCUT2D eigenvalue weighted by molar-refractivity contribution is -0.148. The van der Waals surface area contributed by atoms with Crippen molar-refractivity contribution >= 4 is 18.0 Å². The minimum atomic E-state index is -0.978. The van der Waals surface area contributed by atoms with Crippen LogP contribution in [0.4, 0.5) is 4.79 Å². The fraction of sp³-hybridized carbons (Fsp3) is 0.706. The topological polar surface area (TPSA) is 96.4 Å². The number of rotatable bonds is 3. The van der Waals surface area contributed by atoms with Gasteiger partial charge in [-0.05, 0) is 19.8 Å². The summed E-state index contributed by atoms with van der Waals surface area (Å²) in [6.45, 7) is 3.58. The molecular weight excluding hydrogens is 328 g/mol. The van der Waals surface area contributed by atoms with Gasteiger partial charge in [0, 0.05) is 19.1 Å². The summed E-state index contributed by atoms with van der Waals surface area (Å²) in [6, 6.07) is 0.00338. The molecule has 1 N–H and O–H groups in total. The summed E-state index contributed by atoms with van der Waals surface area (Å²) >= 11 is 0. The molecule has 4 rings (SSSR count). The number of hydrogen-bond donors (Lipinski definition) is 1. The lowest BCUT2D eigenvalue weighted by Gasteiger charge is -2.37. The van der Waals surface area contributed by atoms with Gasteiger partial charge in [-0.15, -0.1) is 0 Å². The Morgan fingerprint density at radius 2 is 2.12 bits per heavy atom. The smallest absolute Gasteiger partial charge is 0.409 e. The molecule has 0 aliphatic carbocycles. The average molecular weight is 350 g/mol. The van der Waals surface area contributed by atoms with Crippen LogP contribution in [0, 0.1) is 11.8 Å². The highest BCUT2D eigenvalue weighted by Crippen LogP contribution is 2.52. The molecule has 4 atom stereocenters.